The quantitative estimate of drug-likeness (QED) is 0.720. The van der Waals surface area contributed by atoms with Gasteiger partial charge in [0.25, 0.3) is 5.82 Å². The van der Waals surface area contributed by atoms with Gasteiger partial charge >= 0.3 is 0 Å². The van der Waals surface area contributed by atoms with Gasteiger partial charge in [-0.3, -0.25) is 0 Å². The normalized spacial score (nSPS) is 9.87. The molecule has 6 heteroatoms. The molecule has 0 fully saturated rings. The Kier molecular flexibility index (Phi) is 2.06. The molecule has 0 aromatic carbocycles. The van der Waals surface area contributed by atoms with Gasteiger partial charge in [-0.1, -0.05) is 0 Å². The molecule has 0 radical (unpaired) electrons. The van der Waals surface area contributed by atoms with E-state index >= 15 is 0 Å². The van der Waals surface area contributed by atoms with E-state index in [-0.39, 0.29) is 5.82 Å². The monoisotopic (exact) mass is 200 g/mol. The Labute approximate surface area is 86.0 Å². The number of rotatable bonds is 1. The van der Waals surface area contributed by atoms with E-state index in [9.17, 15) is 0 Å². The lowest BCUT2D eigenvalue weighted by atomic mass is 10.3. The molecular formula is C9H8N6. The van der Waals surface area contributed by atoms with Gasteiger partial charge in [0, 0.05) is 0 Å². The summed E-state index contributed by atoms with van der Waals surface area (Å²) in [5.41, 5.74) is 6.99. The number of hydrogen-bond acceptors (Lipinski definition) is 5. The fraction of sp³-hybridized carbons (Fsp3) is 0.111. The highest BCUT2D eigenvalue weighted by Crippen LogP contribution is 2.10. The maximum Gasteiger partial charge on any atom is 0.252 e. The molecule has 2 aromatic heterocycles. The molecule has 74 valence electrons. The molecule has 15 heavy (non-hydrogen) atoms. The predicted octanol–water partition coefficient (Wildman–Crippen LogP) is 0.425. The molecule has 0 aliphatic carbocycles. The maximum atomic E-state index is 8.57. The Bertz CT molecular complexity index is 536. The van der Waals surface area contributed by atoms with E-state index in [2.05, 4.69) is 15.1 Å². The third-order valence-corrected chi connectivity index (χ3v) is 1.94. The number of nitrogen functional groups attached to an aromatic ring is 1. The lowest BCUT2D eigenvalue weighted by Gasteiger charge is -2.02. The van der Waals surface area contributed by atoms with Gasteiger partial charge in [-0.05, 0) is 19.1 Å². The lowest BCUT2D eigenvalue weighted by Crippen LogP contribution is -2.01. The van der Waals surface area contributed by atoms with Crippen molar-refractivity contribution in [2.24, 2.45) is 0 Å². The molecule has 2 aromatic rings. The molecule has 2 rings (SSSR count). The fourth-order valence-corrected chi connectivity index (χ4v) is 1.11. The second-order valence-corrected chi connectivity index (χ2v) is 2.97. The largest absolute Gasteiger partial charge is 0.397 e. The van der Waals surface area contributed by atoms with E-state index in [0.29, 0.717) is 11.5 Å². The highest BCUT2D eigenvalue weighted by atomic mass is 15.4. The summed E-state index contributed by atoms with van der Waals surface area (Å²) in [5, 5.41) is 12.5. The number of nitrogens with zero attached hydrogens (tertiary/aromatic N) is 5. The van der Waals surface area contributed by atoms with Crippen LogP contribution in [-0.4, -0.2) is 19.7 Å². The summed E-state index contributed by atoms with van der Waals surface area (Å²) in [6, 6.07) is 5.31. The van der Waals surface area contributed by atoms with Crippen molar-refractivity contribution in [3.05, 3.63) is 30.0 Å². The number of aromatic nitrogens is 4. The first-order chi connectivity index (χ1) is 7.20. The lowest BCUT2D eigenvalue weighted by molar-refractivity contribution is 0.835. The Morgan fingerprint density at radius 3 is 2.87 bits per heavy atom. The SMILES string of the molecule is Cc1nc(-n2cnc(C#N)n2)ccc1N. The summed E-state index contributed by atoms with van der Waals surface area (Å²) in [7, 11) is 0. The van der Waals surface area contributed by atoms with Crippen LogP contribution in [0.25, 0.3) is 5.82 Å². The van der Waals surface area contributed by atoms with Crippen molar-refractivity contribution < 1.29 is 0 Å². The van der Waals surface area contributed by atoms with Gasteiger partial charge in [0.2, 0.25) is 0 Å². The van der Waals surface area contributed by atoms with E-state index < -0.39 is 0 Å². The summed E-state index contributed by atoms with van der Waals surface area (Å²) >= 11 is 0. The Morgan fingerprint density at radius 2 is 2.27 bits per heavy atom. The second-order valence-electron chi connectivity index (χ2n) is 2.97. The molecule has 0 saturated carbocycles. The summed E-state index contributed by atoms with van der Waals surface area (Å²) < 4.78 is 1.44. The first-order valence-corrected chi connectivity index (χ1v) is 4.26. The standard InChI is InChI=1S/C9H8N6/c1-6-7(11)2-3-9(13-6)15-5-12-8(4-10)14-15/h2-3,5H,11H2,1H3. The second kappa shape index (κ2) is 3.38. The molecule has 0 aliphatic rings. The van der Waals surface area contributed by atoms with Gasteiger partial charge in [0.1, 0.15) is 12.4 Å². The van der Waals surface area contributed by atoms with Gasteiger partial charge < -0.3 is 5.73 Å². The summed E-state index contributed by atoms with van der Waals surface area (Å²) in [6.07, 6.45) is 1.44. The zero-order chi connectivity index (χ0) is 10.8. The highest BCUT2D eigenvalue weighted by Gasteiger charge is 2.04. The average molecular weight is 200 g/mol. The minimum atomic E-state index is 0.117. The Hall–Kier alpha value is -2.42. The number of anilines is 1. The van der Waals surface area contributed by atoms with E-state index in [1.807, 2.05) is 6.07 Å². The van der Waals surface area contributed by atoms with Crippen LogP contribution in [0.4, 0.5) is 5.69 Å². The summed E-state index contributed by atoms with van der Waals surface area (Å²) in [4.78, 5) is 8.00. The van der Waals surface area contributed by atoms with Gasteiger partial charge in [-0.15, -0.1) is 5.10 Å². The minimum Gasteiger partial charge on any atom is -0.397 e. The summed E-state index contributed by atoms with van der Waals surface area (Å²) in [6.45, 7) is 1.81. The Morgan fingerprint density at radius 1 is 1.47 bits per heavy atom. The molecule has 2 N–H and O–H groups in total. The van der Waals surface area contributed by atoms with Crippen molar-refractivity contribution in [2.75, 3.05) is 5.73 Å². The van der Waals surface area contributed by atoms with Crippen LogP contribution in [0.5, 0.6) is 0 Å². The van der Waals surface area contributed by atoms with E-state index in [4.69, 9.17) is 11.0 Å². The van der Waals surface area contributed by atoms with Gasteiger partial charge in [-0.2, -0.15) is 5.26 Å². The van der Waals surface area contributed by atoms with Crippen molar-refractivity contribution in [3.63, 3.8) is 0 Å². The van der Waals surface area contributed by atoms with E-state index in [1.54, 1.807) is 19.1 Å². The molecule has 2 heterocycles. The third-order valence-electron chi connectivity index (χ3n) is 1.94. The van der Waals surface area contributed by atoms with Crippen LogP contribution in [0.2, 0.25) is 0 Å². The van der Waals surface area contributed by atoms with Crippen molar-refractivity contribution in [2.45, 2.75) is 6.92 Å². The van der Waals surface area contributed by atoms with Crippen LogP contribution in [0.15, 0.2) is 18.5 Å². The summed E-state index contributed by atoms with van der Waals surface area (Å²) in [5.74, 6) is 0.710. The van der Waals surface area contributed by atoms with Crippen LogP contribution >= 0.6 is 0 Å². The molecule has 0 unspecified atom stereocenters. The van der Waals surface area contributed by atoms with Gasteiger partial charge in [0.15, 0.2) is 5.82 Å². The molecule has 0 saturated heterocycles. The molecule has 6 nitrogen and oxygen atoms in total. The predicted molar refractivity (Wildman–Crippen MR) is 53.0 cm³/mol. The molecule has 0 spiro atoms. The Balaban J connectivity index is 2.46. The zero-order valence-corrected chi connectivity index (χ0v) is 8.05. The van der Waals surface area contributed by atoms with Crippen molar-refractivity contribution >= 4 is 5.69 Å². The first-order valence-electron chi connectivity index (χ1n) is 4.26. The maximum absolute atomic E-state index is 8.57. The molecule has 0 aliphatic heterocycles. The number of nitrogens with two attached hydrogens (primary N) is 1. The number of nitriles is 1. The van der Waals surface area contributed by atoms with E-state index in [1.165, 1.54) is 11.0 Å². The van der Waals surface area contributed by atoms with Crippen LogP contribution in [0, 0.1) is 18.3 Å². The molecule has 0 bridgehead atoms. The van der Waals surface area contributed by atoms with Crippen molar-refractivity contribution in [3.8, 4) is 11.9 Å². The third kappa shape index (κ3) is 1.62. The van der Waals surface area contributed by atoms with Crippen LogP contribution in [0.3, 0.4) is 0 Å². The minimum absolute atomic E-state index is 0.117. The smallest absolute Gasteiger partial charge is 0.252 e. The number of pyridine rings is 1. The highest BCUT2D eigenvalue weighted by molar-refractivity contribution is 5.45. The topological polar surface area (TPSA) is 93.4 Å². The number of aryl methyl sites for hydroxylation is 1. The van der Waals surface area contributed by atoms with Gasteiger partial charge in [0.05, 0.1) is 11.4 Å². The van der Waals surface area contributed by atoms with Crippen LogP contribution in [-0.2, 0) is 0 Å². The van der Waals surface area contributed by atoms with Crippen molar-refractivity contribution in [1.29, 1.82) is 5.26 Å². The van der Waals surface area contributed by atoms with Gasteiger partial charge in [-0.25, -0.2) is 14.6 Å². The van der Waals surface area contributed by atoms with Crippen LogP contribution < -0.4 is 5.73 Å². The fourth-order valence-electron chi connectivity index (χ4n) is 1.11. The molecular weight excluding hydrogens is 192 g/mol. The first kappa shape index (κ1) is 9.15. The number of hydrogen-bond donors (Lipinski definition) is 1. The average Bonchev–Trinajstić information content (AvgIpc) is 2.70. The van der Waals surface area contributed by atoms with Crippen LogP contribution in [0.1, 0.15) is 11.5 Å². The van der Waals surface area contributed by atoms with E-state index in [0.717, 1.165) is 5.69 Å². The van der Waals surface area contributed by atoms with Crippen molar-refractivity contribution in [1.82, 2.24) is 19.7 Å². The zero-order valence-electron chi connectivity index (χ0n) is 8.05. The molecule has 0 amide bonds. The molecule has 0 atom stereocenters.